The van der Waals surface area contributed by atoms with Crippen molar-refractivity contribution < 1.29 is 19.1 Å². The second-order valence-electron chi connectivity index (χ2n) is 6.62. The molecule has 134 valence electrons. The third-order valence-electron chi connectivity index (χ3n) is 3.21. The molecule has 0 spiro atoms. The molecule has 5 nitrogen and oxygen atoms in total. The number of carbonyl (C=O) groups is 2. The summed E-state index contributed by atoms with van der Waals surface area (Å²) in [6.45, 7) is 8.64. The van der Waals surface area contributed by atoms with E-state index in [4.69, 9.17) is 9.47 Å². The van der Waals surface area contributed by atoms with Crippen LogP contribution >= 0.6 is 0 Å². The first-order chi connectivity index (χ1) is 11.3. The summed E-state index contributed by atoms with van der Waals surface area (Å²) in [5.41, 5.74) is 1.02. The summed E-state index contributed by atoms with van der Waals surface area (Å²) in [4.78, 5) is 23.1. The molecule has 24 heavy (non-hydrogen) atoms. The molecular formula is C19H29NO4. The fourth-order valence-corrected chi connectivity index (χ4v) is 2.10. The fourth-order valence-electron chi connectivity index (χ4n) is 2.10. The topological polar surface area (TPSA) is 64.6 Å². The summed E-state index contributed by atoms with van der Waals surface area (Å²) in [5.74, 6) is -0.434. The third kappa shape index (κ3) is 8.56. The largest absolute Gasteiger partial charge is 0.466 e. The van der Waals surface area contributed by atoms with Crippen LogP contribution in [-0.2, 0) is 14.3 Å². The van der Waals surface area contributed by atoms with Gasteiger partial charge in [-0.25, -0.2) is 4.79 Å². The molecule has 0 saturated heterocycles. The van der Waals surface area contributed by atoms with E-state index < -0.39 is 5.60 Å². The second kappa shape index (κ2) is 9.96. The van der Waals surface area contributed by atoms with E-state index in [2.05, 4.69) is 5.32 Å². The molecule has 0 aromatic heterocycles. The van der Waals surface area contributed by atoms with Crippen molar-refractivity contribution in [2.24, 2.45) is 0 Å². The van der Waals surface area contributed by atoms with Crippen molar-refractivity contribution in [1.82, 2.24) is 0 Å². The molecular weight excluding hydrogens is 306 g/mol. The fraction of sp³-hybridized carbons (Fsp3) is 0.579. The molecule has 1 N–H and O–H groups in total. The number of unbranched alkanes of at least 4 members (excludes halogenated alkanes) is 2. The van der Waals surface area contributed by atoms with Gasteiger partial charge in [0.25, 0.3) is 0 Å². The lowest BCUT2D eigenvalue weighted by Crippen LogP contribution is -2.23. The van der Waals surface area contributed by atoms with Crippen molar-refractivity contribution in [1.29, 1.82) is 0 Å². The molecule has 0 fully saturated rings. The van der Waals surface area contributed by atoms with E-state index in [1.165, 1.54) is 0 Å². The van der Waals surface area contributed by atoms with Gasteiger partial charge in [0, 0.05) is 18.7 Å². The number of nitrogens with one attached hydrogen (secondary N) is 1. The molecule has 0 aliphatic rings. The Labute approximate surface area is 144 Å². The predicted molar refractivity (Wildman–Crippen MR) is 95.2 cm³/mol. The summed E-state index contributed by atoms with van der Waals surface area (Å²) >= 11 is 0. The monoisotopic (exact) mass is 335 g/mol. The van der Waals surface area contributed by atoms with Gasteiger partial charge in [-0.2, -0.15) is 0 Å². The van der Waals surface area contributed by atoms with Gasteiger partial charge < -0.3 is 14.8 Å². The first-order valence-electron chi connectivity index (χ1n) is 8.54. The first kappa shape index (κ1) is 20.0. The van der Waals surface area contributed by atoms with E-state index in [0.717, 1.165) is 31.5 Å². The minimum absolute atomic E-state index is 0.122. The number of carbonyl (C=O) groups excluding carboxylic acids is 2. The van der Waals surface area contributed by atoms with Crippen LogP contribution in [0.4, 0.5) is 5.69 Å². The second-order valence-corrected chi connectivity index (χ2v) is 6.62. The van der Waals surface area contributed by atoms with Gasteiger partial charge in [-0.3, -0.25) is 4.79 Å². The lowest BCUT2D eigenvalue weighted by Gasteiger charge is -2.19. The Balaban J connectivity index is 2.25. The van der Waals surface area contributed by atoms with Crippen LogP contribution in [0.25, 0.3) is 0 Å². The van der Waals surface area contributed by atoms with E-state index in [-0.39, 0.29) is 11.9 Å². The van der Waals surface area contributed by atoms with Crippen molar-refractivity contribution in [2.75, 3.05) is 18.5 Å². The molecule has 0 aliphatic carbocycles. The number of ether oxygens (including phenoxy) is 2. The van der Waals surface area contributed by atoms with E-state index >= 15 is 0 Å². The zero-order valence-electron chi connectivity index (χ0n) is 15.2. The van der Waals surface area contributed by atoms with E-state index in [1.54, 1.807) is 12.1 Å². The maximum atomic E-state index is 11.9. The molecule has 0 bridgehead atoms. The summed E-state index contributed by atoms with van der Waals surface area (Å²) in [6, 6.07) is 7.27. The smallest absolute Gasteiger partial charge is 0.338 e. The van der Waals surface area contributed by atoms with Crippen LogP contribution in [0.1, 0.15) is 63.7 Å². The molecule has 0 atom stereocenters. The zero-order valence-corrected chi connectivity index (χ0v) is 15.2. The maximum Gasteiger partial charge on any atom is 0.338 e. The molecule has 0 radical (unpaired) electrons. The Bertz CT molecular complexity index is 517. The van der Waals surface area contributed by atoms with E-state index in [1.807, 2.05) is 39.8 Å². The van der Waals surface area contributed by atoms with Crippen LogP contribution in [0.3, 0.4) is 0 Å². The van der Waals surface area contributed by atoms with Crippen molar-refractivity contribution in [3.8, 4) is 0 Å². The Morgan fingerprint density at radius 3 is 2.29 bits per heavy atom. The quantitative estimate of drug-likeness (QED) is 0.542. The van der Waals surface area contributed by atoms with Gasteiger partial charge in [-0.05, 0) is 64.8 Å². The highest BCUT2D eigenvalue weighted by molar-refractivity contribution is 5.90. The molecule has 0 saturated carbocycles. The van der Waals surface area contributed by atoms with Crippen molar-refractivity contribution in [3.63, 3.8) is 0 Å². The van der Waals surface area contributed by atoms with Crippen LogP contribution in [-0.4, -0.2) is 30.7 Å². The van der Waals surface area contributed by atoms with Crippen molar-refractivity contribution in [2.45, 2.75) is 59.0 Å². The van der Waals surface area contributed by atoms with Crippen molar-refractivity contribution in [3.05, 3.63) is 29.8 Å². The van der Waals surface area contributed by atoms with Crippen LogP contribution < -0.4 is 5.32 Å². The van der Waals surface area contributed by atoms with Gasteiger partial charge in [0.1, 0.15) is 5.60 Å². The molecule has 1 aromatic rings. The number of anilines is 1. The van der Waals surface area contributed by atoms with Crippen LogP contribution in [0.5, 0.6) is 0 Å². The van der Waals surface area contributed by atoms with Gasteiger partial charge in [-0.15, -0.1) is 0 Å². The van der Waals surface area contributed by atoms with Gasteiger partial charge in [0.15, 0.2) is 0 Å². The summed E-state index contributed by atoms with van der Waals surface area (Å²) in [7, 11) is 0. The standard InChI is InChI=1S/C19H29NO4/c1-5-23-17(21)9-7-6-8-14-20-16-12-10-15(11-13-16)18(22)24-19(2,3)4/h10-13,20H,5-9,14H2,1-4H3. The Hall–Kier alpha value is -2.04. The minimum Gasteiger partial charge on any atom is -0.466 e. The van der Waals surface area contributed by atoms with Crippen LogP contribution in [0.2, 0.25) is 0 Å². The van der Waals surface area contributed by atoms with Gasteiger partial charge in [0.05, 0.1) is 12.2 Å². The van der Waals surface area contributed by atoms with E-state index in [9.17, 15) is 9.59 Å². The van der Waals surface area contributed by atoms with E-state index in [0.29, 0.717) is 18.6 Å². The third-order valence-corrected chi connectivity index (χ3v) is 3.21. The highest BCUT2D eigenvalue weighted by Crippen LogP contribution is 2.15. The molecule has 0 amide bonds. The number of esters is 2. The summed E-state index contributed by atoms with van der Waals surface area (Å²) in [6.07, 6.45) is 3.28. The Kier molecular flexibility index (Phi) is 8.30. The van der Waals surface area contributed by atoms with Crippen molar-refractivity contribution >= 4 is 17.6 Å². The molecule has 1 rings (SSSR count). The number of rotatable bonds is 9. The lowest BCUT2D eigenvalue weighted by molar-refractivity contribution is -0.143. The first-order valence-corrected chi connectivity index (χ1v) is 8.54. The zero-order chi connectivity index (χ0) is 18.0. The highest BCUT2D eigenvalue weighted by atomic mass is 16.6. The van der Waals surface area contributed by atoms with Gasteiger partial charge in [0.2, 0.25) is 0 Å². The molecule has 1 aromatic carbocycles. The minimum atomic E-state index is -0.489. The average Bonchev–Trinajstić information content (AvgIpc) is 2.50. The highest BCUT2D eigenvalue weighted by Gasteiger charge is 2.17. The number of hydrogen-bond acceptors (Lipinski definition) is 5. The van der Waals surface area contributed by atoms with Gasteiger partial charge in [-0.1, -0.05) is 6.42 Å². The Morgan fingerprint density at radius 1 is 1.04 bits per heavy atom. The lowest BCUT2D eigenvalue weighted by atomic mass is 10.1. The van der Waals surface area contributed by atoms with Crippen LogP contribution in [0, 0.1) is 0 Å². The number of hydrogen-bond donors (Lipinski definition) is 1. The maximum absolute atomic E-state index is 11.9. The summed E-state index contributed by atoms with van der Waals surface area (Å²) in [5, 5.41) is 3.30. The normalized spacial score (nSPS) is 11.0. The van der Waals surface area contributed by atoms with Crippen LogP contribution in [0.15, 0.2) is 24.3 Å². The Morgan fingerprint density at radius 2 is 1.71 bits per heavy atom. The average molecular weight is 335 g/mol. The van der Waals surface area contributed by atoms with Gasteiger partial charge >= 0.3 is 11.9 Å². The molecule has 0 aliphatic heterocycles. The summed E-state index contributed by atoms with van der Waals surface area (Å²) < 4.78 is 10.2. The molecule has 0 heterocycles. The number of benzene rings is 1. The molecule has 0 unspecified atom stereocenters. The predicted octanol–water partition coefficient (Wildman–Crippen LogP) is 4.18. The SMILES string of the molecule is CCOC(=O)CCCCCNc1ccc(C(=O)OC(C)(C)C)cc1. The molecule has 5 heteroatoms.